The molecular weight excluding hydrogens is 396 g/mol. The number of ether oxygens (including phenoxy) is 1. The highest BCUT2D eigenvalue weighted by Gasteiger charge is 2.56. The summed E-state index contributed by atoms with van der Waals surface area (Å²) in [5.41, 5.74) is -1.29. The molecule has 2 aromatic rings. The minimum atomic E-state index is -1.87. The van der Waals surface area contributed by atoms with Crippen molar-refractivity contribution < 1.29 is 24.1 Å². The summed E-state index contributed by atoms with van der Waals surface area (Å²) >= 11 is 0. The molecule has 166 valence electrons. The van der Waals surface area contributed by atoms with Crippen molar-refractivity contribution in [1.82, 2.24) is 5.32 Å². The molecule has 2 aromatic carbocycles. The van der Waals surface area contributed by atoms with E-state index >= 15 is 0 Å². The predicted molar refractivity (Wildman–Crippen MR) is 117 cm³/mol. The molecule has 0 aliphatic carbocycles. The Labute approximate surface area is 183 Å². The fourth-order valence-electron chi connectivity index (χ4n) is 3.20. The molecule has 0 radical (unpaired) electrons. The normalized spacial score (nSPS) is 18.6. The molecule has 2 amide bonds. The van der Waals surface area contributed by atoms with Crippen LogP contribution < -0.4 is 10.2 Å². The molecule has 0 saturated carbocycles. The second kappa shape index (κ2) is 8.32. The van der Waals surface area contributed by atoms with Crippen molar-refractivity contribution >= 4 is 17.7 Å². The van der Waals surface area contributed by atoms with E-state index in [4.69, 9.17) is 14.5 Å². The van der Waals surface area contributed by atoms with Gasteiger partial charge in [0.2, 0.25) is 0 Å². The van der Waals surface area contributed by atoms with Gasteiger partial charge in [0.25, 0.3) is 11.6 Å². The molecular formula is C24H30N2O5. The molecule has 0 aromatic heterocycles. The van der Waals surface area contributed by atoms with Crippen molar-refractivity contribution in [2.24, 2.45) is 0 Å². The lowest BCUT2D eigenvalue weighted by molar-refractivity contribution is -0.401. The summed E-state index contributed by atoms with van der Waals surface area (Å²) in [6.07, 6.45) is -0.783. The third-order valence-electron chi connectivity index (χ3n) is 4.40. The van der Waals surface area contributed by atoms with Gasteiger partial charge in [0.05, 0.1) is 17.8 Å². The van der Waals surface area contributed by atoms with Gasteiger partial charge in [-0.05, 0) is 53.2 Å². The van der Waals surface area contributed by atoms with Gasteiger partial charge in [-0.15, -0.1) is 0 Å². The van der Waals surface area contributed by atoms with Crippen LogP contribution in [0.3, 0.4) is 0 Å². The summed E-state index contributed by atoms with van der Waals surface area (Å²) < 4.78 is 5.42. The number of fused-ring (bicyclic) bond motifs is 1. The average molecular weight is 427 g/mol. The minimum Gasteiger partial charge on any atom is -0.444 e. The summed E-state index contributed by atoms with van der Waals surface area (Å²) in [6, 6.07) is 16.8. The molecule has 1 atom stereocenters. The Morgan fingerprint density at radius 1 is 0.935 bits per heavy atom. The molecule has 0 saturated heterocycles. The number of alkyl carbamates (subject to hydrolysis) is 1. The van der Waals surface area contributed by atoms with Crippen molar-refractivity contribution in [3.05, 3.63) is 65.7 Å². The molecule has 3 rings (SSSR count). The van der Waals surface area contributed by atoms with Gasteiger partial charge in [-0.2, -0.15) is 4.89 Å². The molecule has 7 heteroatoms. The van der Waals surface area contributed by atoms with E-state index in [1.54, 1.807) is 58.6 Å². The van der Waals surface area contributed by atoms with Crippen LogP contribution in [0.2, 0.25) is 0 Å². The maximum atomic E-state index is 13.8. The second-order valence-electron chi connectivity index (χ2n) is 9.48. The smallest absolute Gasteiger partial charge is 0.410 e. The van der Waals surface area contributed by atoms with Crippen molar-refractivity contribution in [2.75, 3.05) is 4.90 Å². The van der Waals surface area contributed by atoms with Crippen LogP contribution in [0.15, 0.2) is 54.6 Å². The summed E-state index contributed by atoms with van der Waals surface area (Å²) in [5.74, 6) is -0.465. The van der Waals surface area contributed by atoms with Crippen LogP contribution in [0.4, 0.5) is 10.5 Å². The third kappa shape index (κ3) is 5.24. The number of hydrogen-bond donors (Lipinski definition) is 1. The van der Waals surface area contributed by atoms with Crippen LogP contribution in [-0.2, 0) is 31.6 Å². The van der Waals surface area contributed by atoms with Crippen LogP contribution in [0.1, 0.15) is 52.7 Å². The number of rotatable bonds is 5. The summed E-state index contributed by atoms with van der Waals surface area (Å²) in [4.78, 5) is 39.4. The van der Waals surface area contributed by atoms with E-state index < -0.39 is 28.9 Å². The van der Waals surface area contributed by atoms with Gasteiger partial charge in [0, 0.05) is 5.56 Å². The Morgan fingerprint density at radius 2 is 1.55 bits per heavy atom. The Hall–Kier alpha value is -2.90. The SMILES string of the molecule is CC(C)(C)OOC1(NC(=O)OC(C)(C)C)C(=O)N(Cc2ccccc2)c2ccccc21. The summed E-state index contributed by atoms with van der Waals surface area (Å²) in [6.45, 7) is 10.9. The largest absolute Gasteiger partial charge is 0.444 e. The zero-order valence-electron chi connectivity index (χ0n) is 18.9. The van der Waals surface area contributed by atoms with Crippen molar-refractivity contribution in [3.8, 4) is 0 Å². The number of carbonyl (C=O) groups excluding carboxylic acids is 2. The first-order valence-electron chi connectivity index (χ1n) is 10.2. The van der Waals surface area contributed by atoms with E-state index in [1.165, 1.54) is 0 Å². The Morgan fingerprint density at radius 3 is 2.16 bits per heavy atom. The number of benzene rings is 2. The highest BCUT2D eigenvalue weighted by molar-refractivity contribution is 6.08. The van der Waals surface area contributed by atoms with Crippen LogP contribution in [0.5, 0.6) is 0 Å². The van der Waals surface area contributed by atoms with Crippen molar-refractivity contribution in [2.45, 2.75) is 65.0 Å². The number of nitrogens with one attached hydrogen (secondary N) is 1. The Balaban J connectivity index is 2.03. The zero-order chi connectivity index (χ0) is 22.9. The first-order chi connectivity index (χ1) is 14.4. The maximum absolute atomic E-state index is 13.8. The van der Waals surface area contributed by atoms with E-state index in [1.807, 2.05) is 42.5 Å². The van der Waals surface area contributed by atoms with E-state index in [9.17, 15) is 9.59 Å². The van der Waals surface area contributed by atoms with Gasteiger partial charge in [0.1, 0.15) is 5.60 Å². The number of carbonyl (C=O) groups is 2. The van der Waals surface area contributed by atoms with E-state index in [0.29, 0.717) is 17.8 Å². The monoisotopic (exact) mass is 426 g/mol. The molecule has 1 unspecified atom stereocenters. The molecule has 1 N–H and O–H groups in total. The van der Waals surface area contributed by atoms with Gasteiger partial charge >= 0.3 is 6.09 Å². The lowest BCUT2D eigenvalue weighted by Crippen LogP contribution is -2.56. The van der Waals surface area contributed by atoms with Gasteiger partial charge in [-0.1, -0.05) is 48.5 Å². The first-order valence-corrected chi connectivity index (χ1v) is 10.2. The third-order valence-corrected chi connectivity index (χ3v) is 4.40. The predicted octanol–water partition coefficient (Wildman–Crippen LogP) is 4.66. The fraction of sp³-hybridized carbons (Fsp3) is 0.417. The van der Waals surface area contributed by atoms with Gasteiger partial charge in [-0.25, -0.2) is 9.68 Å². The Bertz CT molecular complexity index is 946. The van der Waals surface area contributed by atoms with Crippen LogP contribution in [0, 0.1) is 0 Å². The number of anilines is 1. The summed E-state index contributed by atoms with van der Waals surface area (Å²) in [5, 5.41) is 2.64. The van der Waals surface area contributed by atoms with Gasteiger partial charge < -0.3 is 9.64 Å². The molecule has 0 spiro atoms. The molecule has 1 aliphatic heterocycles. The van der Waals surface area contributed by atoms with Gasteiger partial charge in [0.15, 0.2) is 0 Å². The second-order valence-corrected chi connectivity index (χ2v) is 9.48. The van der Waals surface area contributed by atoms with Gasteiger partial charge in [-0.3, -0.25) is 10.1 Å². The van der Waals surface area contributed by atoms with Crippen molar-refractivity contribution in [3.63, 3.8) is 0 Å². The minimum absolute atomic E-state index is 0.313. The number of hydrogen-bond acceptors (Lipinski definition) is 5. The van der Waals surface area contributed by atoms with Crippen LogP contribution in [0.25, 0.3) is 0 Å². The first kappa shape index (κ1) is 22.8. The molecule has 1 aliphatic rings. The molecule has 1 heterocycles. The molecule has 7 nitrogen and oxygen atoms in total. The van der Waals surface area contributed by atoms with E-state index in [-0.39, 0.29) is 0 Å². The zero-order valence-corrected chi connectivity index (χ0v) is 18.9. The van der Waals surface area contributed by atoms with Crippen LogP contribution in [-0.4, -0.2) is 23.2 Å². The van der Waals surface area contributed by atoms with E-state index in [2.05, 4.69) is 5.32 Å². The topological polar surface area (TPSA) is 77.1 Å². The highest BCUT2D eigenvalue weighted by Crippen LogP contribution is 2.42. The fourth-order valence-corrected chi connectivity index (χ4v) is 3.20. The lowest BCUT2D eigenvalue weighted by atomic mass is 10.0. The number of para-hydroxylation sites is 1. The van der Waals surface area contributed by atoms with Crippen molar-refractivity contribution in [1.29, 1.82) is 0 Å². The standard InChI is InChI=1S/C24H30N2O5/c1-22(2,3)29-21(28)25-24(31-30-23(4,5)6)18-14-10-11-15-19(18)26(20(24)27)16-17-12-8-7-9-13-17/h7-15H,16H2,1-6H3,(H,25,28). The quantitative estimate of drug-likeness (QED) is 0.428. The highest BCUT2D eigenvalue weighted by atomic mass is 17.2. The average Bonchev–Trinajstić information content (AvgIpc) is 2.88. The van der Waals surface area contributed by atoms with Crippen LogP contribution >= 0.6 is 0 Å². The summed E-state index contributed by atoms with van der Waals surface area (Å²) in [7, 11) is 0. The molecule has 31 heavy (non-hydrogen) atoms. The maximum Gasteiger partial charge on any atom is 0.410 e. The molecule has 0 bridgehead atoms. The molecule has 0 fully saturated rings. The Kier molecular flexibility index (Phi) is 6.11. The number of nitrogens with zero attached hydrogens (tertiary/aromatic N) is 1. The van der Waals surface area contributed by atoms with E-state index in [0.717, 1.165) is 5.56 Å². The number of amides is 2. The lowest BCUT2D eigenvalue weighted by Gasteiger charge is -2.32.